The van der Waals surface area contributed by atoms with Crippen molar-refractivity contribution in [2.24, 2.45) is 11.1 Å². The Labute approximate surface area is 136 Å². The minimum atomic E-state index is -3.77. The molecule has 1 aromatic carbocycles. The van der Waals surface area contributed by atoms with Gasteiger partial charge in [0.25, 0.3) is 0 Å². The van der Waals surface area contributed by atoms with Crippen LogP contribution >= 0.6 is 24.0 Å². The zero-order valence-electron chi connectivity index (χ0n) is 12.5. The molecule has 0 radical (unpaired) electrons. The van der Waals surface area contributed by atoms with Crippen molar-refractivity contribution in [1.29, 1.82) is 0 Å². The van der Waals surface area contributed by atoms with Crippen LogP contribution in [0, 0.1) is 18.2 Å². The summed E-state index contributed by atoms with van der Waals surface area (Å²) in [5.74, 6) is -0.529. The Hall–Kier alpha value is -0.400. The molecular formula is C13H21Cl2FN2O2S. The first-order valence-corrected chi connectivity index (χ1v) is 7.95. The summed E-state index contributed by atoms with van der Waals surface area (Å²) in [5.41, 5.74) is 5.49. The van der Waals surface area contributed by atoms with Crippen molar-refractivity contribution in [3.05, 3.63) is 28.5 Å². The Kier molecular flexibility index (Phi) is 7.10. The Morgan fingerprint density at radius 2 is 1.90 bits per heavy atom. The number of nitrogens with zero attached hydrogens (tertiary/aromatic N) is 1. The molecule has 0 saturated carbocycles. The van der Waals surface area contributed by atoms with E-state index in [4.69, 9.17) is 17.3 Å². The van der Waals surface area contributed by atoms with Gasteiger partial charge in [-0.3, -0.25) is 0 Å². The monoisotopic (exact) mass is 358 g/mol. The summed E-state index contributed by atoms with van der Waals surface area (Å²) in [4.78, 5) is -0.0895. The van der Waals surface area contributed by atoms with Gasteiger partial charge in [-0.25, -0.2) is 17.1 Å². The van der Waals surface area contributed by atoms with Crippen LogP contribution in [0.4, 0.5) is 4.39 Å². The van der Waals surface area contributed by atoms with Gasteiger partial charge in [0.2, 0.25) is 10.0 Å². The molecule has 4 nitrogen and oxygen atoms in total. The van der Waals surface area contributed by atoms with E-state index in [1.807, 2.05) is 13.8 Å². The molecule has 0 amide bonds. The van der Waals surface area contributed by atoms with Gasteiger partial charge in [-0.15, -0.1) is 12.4 Å². The second-order valence-corrected chi connectivity index (χ2v) is 8.08. The van der Waals surface area contributed by atoms with Crippen molar-refractivity contribution in [2.45, 2.75) is 25.7 Å². The standard InChI is InChI=1S/C13H20ClFN2O2S.ClH/c1-9-5-12(10(14)6-11(9)15)20(18,19)17(4)8-13(2,3)7-16;/h5-6H,7-8,16H2,1-4H3;1H. The van der Waals surface area contributed by atoms with E-state index >= 15 is 0 Å². The van der Waals surface area contributed by atoms with Gasteiger partial charge in [0, 0.05) is 13.6 Å². The van der Waals surface area contributed by atoms with E-state index in [1.54, 1.807) is 0 Å². The van der Waals surface area contributed by atoms with Crippen molar-refractivity contribution < 1.29 is 12.8 Å². The molecule has 0 saturated heterocycles. The first kappa shape index (κ1) is 20.6. The molecule has 0 heterocycles. The highest BCUT2D eigenvalue weighted by atomic mass is 35.5. The van der Waals surface area contributed by atoms with Crippen molar-refractivity contribution in [3.8, 4) is 0 Å². The molecule has 0 aliphatic rings. The summed E-state index contributed by atoms with van der Waals surface area (Å²) in [6.45, 7) is 5.84. The predicted octanol–water partition coefficient (Wildman–Crippen LogP) is 2.81. The smallest absolute Gasteiger partial charge is 0.244 e. The molecule has 122 valence electrons. The number of nitrogens with two attached hydrogens (primary N) is 1. The van der Waals surface area contributed by atoms with Gasteiger partial charge in [-0.1, -0.05) is 25.4 Å². The molecule has 0 atom stereocenters. The van der Waals surface area contributed by atoms with Crippen LogP contribution in [-0.2, 0) is 10.0 Å². The first-order valence-electron chi connectivity index (χ1n) is 6.13. The second kappa shape index (κ2) is 7.24. The molecule has 0 unspecified atom stereocenters. The molecule has 0 aliphatic carbocycles. The number of rotatable bonds is 5. The van der Waals surface area contributed by atoms with Crippen LogP contribution in [0.15, 0.2) is 17.0 Å². The maximum absolute atomic E-state index is 13.4. The number of hydrogen-bond donors (Lipinski definition) is 1. The molecule has 0 fully saturated rings. The van der Waals surface area contributed by atoms with Crippen LogP contribution in [0.3, 0.4) is 0 Å². The Morgan fingerprint density at radius 1 is 1.38 bits per heavy atom. The molecule has 0 bridgehead atoms. The molecule has 21 heavy (non-hydrogen) atoms. The van der Waals surface area contributed by atoms with Gasteiger partial charge in [0.05, 0.1) is 5.02 Å². The van der Waals surface area contributed by atoms with E-state index < -0.39 is 15.8 Å². The number of aryl methyl sites for hydroxylation is 1. The topological polar surface area (TPSA) is 63.4 Å². The molecule has 0 aromatic heterocycles. The summed E-state index contributed by atoms with van der Waals surface area (Å²) in [5, 5.41) is -0.120. The molecule has 0 aliphatic heterocycles. The maximum Gasteiger partial charge on any atom is 0.244 e. The molecule has 2 N–H and O–H groups in total. The minimum Gasteiger partial charge on any atom is -0.330 e. The van der Waals surface area contributed by atoms with E-state index in [2.05, 4.69) is 0 Å². The third-order valence-electron chi connectivity index (χ3n) is 3.10. The van der Waals surface area contributed by atoms with Crippen molar-refractivity contribution >= 4 is 34.0 Å². The molecule has 8 heteroatoms. The van der Waals surface area contributed by atoms with E-state index in [0.717, 1.165) is 6.07 Å². The van der Waals surface area contributed by atoms with Gasteiger partial charge in [-0.05, 0) is 36.6 Å². The SMILES string of the molecule is Cc1cc(S(=O)(=O)N(C)CC(C)(C)CN)c(Cl)cc1F.Cl. The Morgan fingerprint density at radius 3 is 2.38 bits per heavy atom. The third-order valence-corrected chi connectivity index (χ3v) is 5.37. The Bertz CT molecular complexity index is 606. The highest BCUT2D eigenvalue weighted by Gasteiger charge is 2.29. The van der Waals surface area contributed by atoms with E-state index in [-0.39, 0.29) is 39.8 Å². The number of sulfonamides is 1. The van der Waals surface area contributed by atoms with E-state index in [1.165, 1.54) is 24.3 Å². The number of hydrogen-bond acceptors (Lipinski definition) is 3. The fraction of sp³-hybridized carbons (Fsp3) is 0.538. The molecule has 0 spiro atoms. The quantitative estimate of drug-likeness (QED) is 0.879. The predicted molar refractivity (Wildman–Crippen MR) is 86.0 cm³/mol. The van der Waals surface area contributed by atoms with Gasteiger partial charge in [-0.2, -0.15) is 0 Å². The lowest BCUT2D eigenvalue weighted by molar-refractivity contribution is 0.292. The summed E-state index contributed by atoms with van der Waals surface area (Å²) in [7, 11) is -2.31. The highest BCUT2D eigenvalue weighted by molar-refractivity contribution is 7.89. The first-order chi connectivity index (χ1) is 9.01. The number of benzene rings is 1. The lowest BCUT2D eigenvalue weighted by atomic mass is 9.94. The Balaban J connectivity index is 0.00000400. The van der Waals surface area contributed by atoms with E-state index in [9.17, 15) is 12.8 Å². The van der Waals surface area contributed by atoms with Crippen LogP contribution in [0.5, 0.6) is 0 Å². The van der Waals surface area contributed by atoms with Crippen molar-refractivity contribution in [1.82, 2.24) is 4.31 Å². The van der Waals surface area contributed by atoms with Gasteiger partial charge in [0.1, 0.15) is 10.7 Å². The van der Waals surface area contributed by atoms with Crippen LogP contribution in [0.2, 0.25) is 5.02 Å². The van der Waals surface area contributed by atoms with Crippen LogP contribution in [0.25, 0.3) is 0 Å². The van der Waals surface area contributed by atoms with Gasteiger partial charge < -0.3 is 5.73 Å². The zero-order valence-corrected chi connectivity index (χ0v) is 14.9. The van der Waals surface area contributed by atoms with E-state index in [0.29, 0.717) is 6.54 Å². The van der Waals surface area contributed by atoms with Crippen LogP contribution in [-0.4, -0.2) is 32.9 Å². The average Bonchev–Trinajstić information content (AvgIpc) is 2.33. The molecule has 1 rings (SSSR count). The summed E-state index contributed by atoms with van der Waals surface area (Å²) in [6, 6.07) is 2.27. The summed E-state index contributed by atoms with van der Waals surface area (Å²) in [6.07, 6.45) is 0. The van der Waals surface area contributed by atoms with Crippen molar-refractivity contribution in [2.75, 3.05) is 20.1 Å². The number of halogens is 3. The molecular weight excluding hydrogens is 338 g/mol. The largest absolute Gasteiger partial charge is 0.330 e. The maximum atomic E-state index is 13.4. The molecule has 1 aromatic rings. The van der Waals surface area contributed by atoms with Crippen LogP contribution in [0.1, 0.15) is 19.4 Å². The van der Waals surface area contributed by atoms with Gasteiger partial charge in [0.15, 0.2) is 0 Å². The second-order valence-electron chi connectivity index (χ2n) is 5.66. The zero-order chi connectivity index (χ0) is 15.7. The van der Waals surface area contributed by atoms with Gasteiger partial charge >= 0.3 is 0 Å². The fourth-order valence-corrected chi connectivity index (χ4v) is 3.68. The minimum absolute atomic E-state index is 0. The highest BCUT2D eigenvalue weighted by Crippen LogP contribution is 2.28. The summed E-state index contributed by atoms with van der Waals surface area (Å²) >= 11 is 5.86. The van der Waals surface area contributed by atoms with Crippen LogP contribution < -0.4 is 5.73 Å². The lowest BCUT2D eigenvalue weighted by Gasteiger charge is -2.28. The average molecular weight is 359 g/mol. The lowest BCUT2D eigenvalue weighted by Crippen LogP contribution is -2.39. The van der Waals surface area contributed by atoms with Crippen molar-refractivity contribution in [3.63, 3.8) is 0 Å². The normalized spacial score (nSPS) is 12.4. The third kappa shape index (κ3) is 4.79. The summed E-state index contributed by atoms with van der Waals surface area (Å²) < 4.78 is 39.5. The fourth-order valence-electron chi connectivity index (χ4n) is 1.75.